The zero-order valence-electron chi connectivity index (χ0n) is 9.60. The highest BCUT2D eigenvalue weighted by Crippen LogP contribution is 2.22. The molecule has 4 heteroatoms. The quantitative estimate of drug-likeness (QED) is 0.941. The van der Waals surface area contributed by atoms with Crippen LogP contribution >= 0.6 is 15.9 Å². The molecule has 0 saturated carbocycles. The molecule has 0 aliphatic rings. The van der Waals surface area contributed by atoms with Gasteiger partial charge in [0.2, 0.25) is 0 Å². The fourth-order valence-corrected chi connectivity index (χ4v) is 2.26. The molecule has 0 fully saturated rings. The van der Waals surface area contributed by atoms with E-state index in [1.165, 1.54) is 5.56 Å². The molecule has 0 radical (unpaired) electrons. The number of halogens is 1. The molecule has 1 atom stereocenters. The first-order valence-corrected chi connectivity index (χ1v) is 6.28. The van der Waals surface area contributed by atoms with Gasteiger partial charge in [0.05, 0.1) is 0 Å². The van der Waals surface area contributed by atoms with Gasteiger partial charge in [0.25, 0.3) is 0 Å². The van der Waals surface area contributed by atoms with E-state index < -0.39 is 0 Å². The van der Waals surface area contributed by atoms with E-state index in [-0.39, 0.29) is 6.04 Å². The molecule has 0 spiro atoms. The smallest absolute Gasteiger partial charge is 0.115 e. The number of hydrogen-bond acceptors (Lipinski definition) is 3. The van der Waals surface area contributed by atoms with Crippen LogP contribution in [0.15, 0.2) is 47.5 Å². The third kappa shape index (κ3) is 3.35. The molecule has 1 aromatic heterocycles. The second-order valence-electron chi connectivity index (χ2n) is 3.87. The van der Waals surface area contributed by atoms with E-state index in [0.29, 0.717) is 0 Å². The van der Waals surface area contributed by atoms with Crippen molar-refractivity contribution in [2.24, 2.45) is 0 Å². The zero-order valence-corrected chi connectivity index (χ0v) is 11.2. The maximum Gasteiger partial charge on any atom is 0.115 e. The summed E-state index contributed by atoms with van der Waals surface area (Å²) in [5.74, 6) is 0. The molecular weight excluding hydrogens is 278 g/mol. The molecule has 1 aromatic carbocycles. The molecule has 0 aliphatic heterocycles. The Labute approximate surface area is 109 Å². The number of nitrogens with zero attached hydrogens (tertiary/aromatic N) is 2. The minimum atomic E-state index is 0.283. The summed E-state index contributed by atoms with van der Waals surface area (Å²) in [7, 11) is 0. The van der Waals surface area contributed by atoms with Crippen molar-refractivity contribution >= 4 is 15.9 Å². The Bertz CT molecular complexity index is 473. The summed E-state index contributed by atoms with van der Waals surface area (Å²) in [6.07, 6.45) is 5.19. The SMILES string of the molecule is C[C@@H](NCc1cncnc1)c1ccccc1Br. The van der Waals surface area contributed by atoms with Crippen LogP contribution in [0.3, 0.4) is 0 Å². The molecule has 3 nitrogen and oxygen atoms in total. The molecule has 0 bridgehead atoms. The summed E-state index contributed by atoms with van der Waals surface area (Å²) in [6, 6.07) is 8.52. The van der Waals surface area contributed by atoms with Crippen LogP contribution in [0.25, 0.3) is 0 Å². The fourth-order valence-electron chi connectivity index (χ4n) is 1.63. The molecule has 1 N–H and O–H groups in total. The van der Waals surface area contributed by atoms with Crippen LogP contribution in [0.5, 0.6) is 0 Å². The van der Waals surface area contributed by atoms with Gasteiger partial charge in [-0.1, -0.05) is 34.1 Å². The molecule has 17 heavy (non-hydrogen) atoms. The Morgan fingerprint density at radius 3 is 2.65 bits per heavy atom. The molecule has 88 valence electrons. The van der Waals surface area contributed by atoms with Crippen LogP contribution < -0.4 is 5.32 Å². The van der Waals surface area contributed by atoms with E-state index >= 15 is 0 Å². The van der Waals surface area contributed by atoms with Crippen molar-refractivity contribution in [3.8, 4) is 0 Å². The van der Waals surface area contributed by atoms with Crippen LogP contribution in [0, 0.1) is 0 Å². The van der Waals surface area contributed by atoms with Crippen LogP contribution in [0.2, 0.25) is 0 Å². The van der Waals surface area contributed by atoms with Crippen LogP contribution in [-0.2, 0) is 6.54 Å². The van der Waals surface area contributed by atoms with Crippen LogP contribution in [-0.4, -0.2) is 9.97 Å². The topological polar surface area (TPSA) is 37.8 Å². The van der Waals surface area contributed by atoms with E-state index in [0.717, 1.165) is 16.6 Å². The highest BCUT2D eigenvalue weighted by molar-refractivity contribution is 9.10. The number of rotatable bonds is 4. The van der Waals surface area contributed by atoms with Gasteiger partial charge in [0.1, 0.15) is 6.33 Å². The molecule has 2 aromatic rings. The number of nitrogens with one attached hydrogen (secondary N) is 1. The van der Waals surface area contributed by atoms with Gasteiger partial charge >= 0.3 is 0 Å². The lowest BCUT2D eigenvalue weighted by Gasteiger charge is -2.15. The number of aromatic nitrogens is 2. The first-order chi connectivity index (χ1) is 8.27. The van der Waals surface area contributed by atoms with Gasteiger partial charge in [-0.15, -0.1) is 0 Å². The third-order valence-corrected chi connectivity index (χ3v) is 3.32. The van der Waals surface area contributed by atoms with Gasteiger partial charge in [-0.3, -0.25) is 0 Å². The molecule has 1 heterocycles. The number of benzene rings is 1. The second-order valence-corrected chi connectivity index (χ2v) is 4.73. The molecule has 2 rings (SSSR count). The second kappa shape index (κ2) is 5.89. The lowest BCUT2D eigenvalue weighted by atomic mass is 10.1. The van der Waals surface area contributed by atoms with E-state index in [9.17, 15) is 0 Å². The maximum absolute atomic E-state index is 3.99. The lowest BCUT2D eigenvalue weighted by Crippen LogP contribution is -2.18. The average molecular weight is 292 g/mol. The third-order valence-electron chi connectivity index (χ3n) is 2.60. The van der Waals surface area contributed by atoms with Crippen molar-refractivity contribution < 1.29 is 0 Å². The molecule has 0 unspecified atom stereocenters. The van der Waals surface area contributed by atoms with E-state index in [4.69, 9.17) is 0 Å². The minimum Gasteiger partial charge on any atom is -0.306 e. The highest BCUT2D eigenvalue weighted by Gasteiger charge is 2.07. The lowest BCUT2D eigenvalue weighted by molar-refractivity contribution is 0.571. The Kier molecular flexibility index (Phi) is 4.23. The minimum absolute atomic E-state index is 0.283. The van der Waals surface area contributed by atoms with Crippen molar-refractivity contribution in [2.45, 2.75) is 19.5 Å². The van der Waals surface area contributed by atoms with E-state index in [2.05, 4.69) is 50.3 Å². The molecule has 0 amide bonds. The Morgan fingerprint density at radius 2 is 1.94 bits per heavy atom. The summed E-state index contributed by atoms with van der Waals surface area (Å²) in [5, 5.41) is 3.45. The predicted molar refractivity (Wildman–Crippen MR) is 71.4 cm³/mol. The molecule has 0 saturated heterocycles. The summed E-state index contributed by atoms with van der Waals surface area (Å²) in [4.78, 5) is 7.99. The Hall–Kier alpha value is -1.26. The van der Waals surface area contributed by atoms with Gasteiger partial charge in [-0.25, -0.2) is 9.97 Å². The van der Waals surface area contributed by atoms with Crippen molar-refractivity contribution in [2.75, 3.05) is 0 Å². The van der Waals surface area contributed by atoms with Crippen molar-refractivity contribution in [1.29, 1.82) is 0 Å². The van der Waals surface area contributed by atoms with Crippen molar-refractivity contribution in [1.82, 2.24) is 15.3 Å². The summed E-state index contributed by atoms with van der Waals surface area (Å²) in [6.45, 7) is 2.91. The number of hydrogen-bond donors (Lipinski definition) is 1. The van der Waals surface area contributed by atoms with E-state index in [1.54, 1.807) is 6.33 Å². The highest BCUT2D eigenvalue weighted by atomic mass is 79.9. The summed E-state index contributed by atoms with van der Waals surface area (Å²) in [5.41, 5.74) is 2.34. The van der Waals surface area contributed by atoms with Crippen LogP contribution in [0.1, 0.15) is 24.1 Å². The van der Waals surface area contributed by atoms with Gasteiger partial charge in [0, 0.05) is 35.0 Å². The van der Waals surface area contributed by atoms with Gasteiger partial charge < -0.3 is 5.32 Å². The summed E-state index contributed by atoms with van der Waals surface area (Å²) >= 11 is 3.56. The Morgan fingerprint density at radius 1 is 1.24 bits per heavy atom. The average Bonchev–Trinajstić information content (AvgIpc) is 2.38. The first kappa shape index (κ1) is 12.2. The fraction of sp³-hybridized carbons (Fsp3) is 0.231. The zero-order chi connectivity index (χ0) is 12.1. The monoisotopic (exact) mass is 291 g/mol. The van der Waals surface area contributed by atoms with Gasteiger partial charge in [-0.2, -0.15) is 0 Å². The maximum atomic E-state index is 3.99. The molecule has 0 aliphatic carbocycles. The van der Waals surface area contributed by atoms with E-state index in [1.807, 2.05) is 24.5 Å². The van der Waals surface area contributed by atoms with Crippen molar-refractivity contribution in [3.63, 3.8) is 0 Å². The molecular formula is C13H14BrN3. The normalized spacial score (nSPS) is 12.4. The van der Waals surface area contributed by atoms with Gasteiger partial charge in [0.15, 0.2) is 0 Å². The standard InChI is InChI=1S/C13H14BrN3/c1-10(12-4-2-3-5-13(12)14)17-8-11-6-15-9-16-7-11/h2-7,9-10,17H,8H2,1H3/t10-/m1/s1. The predicted octanol–water partition coefficient (Wildman–Crippen LogP) is 3.09. The van der Waals surface area contributed by atoms with Crippen LogP contribution in [0.4, 0.5) is 0 Å². The van der Waals surface area contributed by atoms with Gasteiger partial charge in [-0.05, 0) is 18.6 Å². The summed E-state index contributed by atoms with van der Waals surface area (Å²) < 4.78 is 1.13. The Balaban J connectivity index is 1.99. The first-order valence-electron chi connectivity index (χ1n) is 5.49. The van der Waals surface area contributed by atoms with Crippen molar-refractivity contribution in [3.05, 3.63) is 58.6 Å². The largest absolute Gasteiger partial charge is 0.306 e.